The van der Waals surface area contributed by atoms with Gasteiger partial charge < -0.3 is 5.32 Å². The van der Waals surface area contributed by atoms with E-state index in [1.165, 1.54) is 17.4 Å². The van der Waals surface area contributed by atoms with Gasteiger partial charge >= 0.3 is 0 Å². The van der Waals surface area contributed by atoms with Crippen molar-refractivity contribution < 1.29 is 9.18 Å². The third-order valence-electron chi connectivity index (χ3n) is 2.10. The second-order valence-corrected chi connectivity index (χ2v) is 5.08. The third kappa shape index (κ3) is 2.89. The first kappa shape index (κ1) is 12.2. The van der Waals surface area contributed by atoms with Crippen LogP contribution in [0.5, 0.6) is 0 Å². The number of nitrogens with zero attached hydrogens (tertiary/aromatic N) is 1. The maximum absolute atomic E-state index is 13.6. The summed E-state index contributed by atoms with van der Waals surface area (Å²) in [4.78, 5) is 16.5. The molecule has 1 aromatic carbocycles. The normalized spacial score (nSPS) is 10.2. The Hall–Kier alpha value is -1.27. The van der Waals surface area contributed by atoms with E-state index in [-0.39, 0.29) is 10.0 Å². The van der Waals surface area contributed by atoms with Crippen molar-refractivity contribution in [3.63, 3.8) is 0 Å². The largest absolute Gasteiger partial charge is 0.347 e. The number of thiazole rings is 1. The predicted molar refractivity (Wildman–Crippen MR) is 67.4 cm³/mol. The monoisotopic (exact) mass is 314 g/mol. The first-order chi connectivity index (χ1) is 8.18. The number of hydrogen-bond donors (Lipinski definition) is 1. The highest BCUT2D eigenvalue weighted by Gasteiger charge is 2.13. The maximum atomic E-state index is 13.6. The zero-order valence-corrected chi connectivity index (χ0v) is 11.0. The predicted octanol–water partition coefficient (Wildman–Crippen LogP) is 2.97. The summed E-state index contributed by atoms with van der Waals surface area (Å²) in [5.41, 5.74) is 1.71. The van der Waals surface area contributed by atoms with E-state index in [0.29, 0.717) is 6.54 Å². The van der Waals surface area contributed by atoms with Crippen LogP contribution in [-0.2, 0) is 6.54 Å². The van der Waals surface area contributed by atoms with Crippen LogP contribution in [0.3, 0.4) is 0 Å². The van der Waals surface area contributed by atoms with E-state index in [1.807, 2.05) is 0 Å². The Morgan fingerprint density at radius 3 is 3.06 bits per heavy atom. The van der Waals surface area contributed by atoms with Gasteiger partial charge in [-0.05, 0) is 28.1 Å². The van der Waals surface area contributed by atoms with Crippen molar-refractivity contribution in [3.8, 4) is 0 Å². The van der Waals surface area contributed by atoms with E-state index in [1.54, 1.807) is 23.8 Å². The van der Waals surface area contributed by atoms with Crippen LogP contribution in [-0.4, -0.2) is 10.9 Å². The molecule has 6 heteroatoms. The molecule has 0 unspecified atom stereocenters. The molecule has 0 radical (unpaired) electrons. The number of halogens is 2. The van der Waals surface area contributed by atoms with Crippen molar-refractivity contribution in [1.82, 2.24) is 10.3 Å². The number of aromatic nitrogens is 1. The summed E-state index contributed by atoms with van der Waals surface area (Å²) in [6.45, 7) is 0.357. The Labute approximate surface area is 110 Å². The standard InChI is InChI=1S/C11H8BrFN2OS/c12-9-3-1-2-8(10(9)13)11(16)15-5-7-4-14-6-17-7/h1-4,6H,5H2,(H,15,16). The van der Waals surface area contributed by atoms with Gasteiger partial charge in [-0.3, -0.25) is 9.78 Å². The van der Waals surface area contributed by atoms with Crippen LogP contribution in [0, 0.1) is 5.82 Å². The molecule has 0 aliphatic carbocycles. The quantitative estimate of drug-likeness (QED) is 0.946. The SMILES string of the molecule is O=C(NCc1cncs1)c1cccc(Br)c1F. The Balaban J connectivity index is 2.07. The first-order valence-corrected chi connectivity index (χ1v) is 6.45. The molecule has 3 nitrogen and oxygen atoms in total. The van der Waals surface area contributed by atoms with E-state index in [2.05, 4.69) is 26.2 Å². The number of amides is 1. The van der Waals surface area contributed by atoms with Gasteiger partial charge in [0.2, 0.25) is 0 Å². The molecule has 1 heterocycles. The fourth-order valence-corrected chi connectivity index (χ4v) is 2.17. The molecule has 1 amide bonds. The zero-order chi connectivity index (χ0) is 12.3. The van der Waals surface area contributed by atoms with Crippen LogP contribution in [0.15, 0.2) is 34.4 Å². The lowest BCUT2D eigenvalue weighted by Gasteiger charge is -2.05. The topological polar surface area (TPSA) is 42.0 Å². The molecule has 0 aliphatic heterocycles. The molecule has 0 aliphatic rings. The Morgan fingerprint density at radius 1 is 1.53 bits per heavy atom. The molecule has 0 fully saturated rings. The fraction of sp³-hybridized carbons (Fsp3) is 0.0909. The van der Waals surface area contributed by atoms with Crippen LogP contribution < -0.4 is 5.32 Å². The highest BCUT2D eigenvalue weighted by atomic mass is 79.9. The molecule has 2 aromatic rings. The van der Waals surface area contributed by atoms with Gasteiger partial charge in [0, 0.05) is 11.1 Å². The van der Waals surface area contributed by atoms with Crippen LogP contribution in [0.2, 0.25) is 0 Å². The van der Waals surface area contributed by atoms with Gasteiger partial charge in [-0.1, -0.05) is 6.07 Å². The van der Waals surface area contributed by atoms with Crippen LogP contribution in [0.4, 0.5) is 4.39 Å². The zero-order valence-electron chi connectivity index (χ0n) is 8.61. The van der Waals surface area contributed by atoms with Gasteiger partial charge in [0.1, 0.15) is 5.82 Å². The number of hydrogen-bond acceptors (Lipinski definition) is 3. The first-order valence-electron chi connectivity index (χ1n) is 4.78. The highest BCUT2D eigenvalue weighted by molar-refractivity contribution is 9.10. The van der Waals surface area contributed by atoms with Crippen molar-refractivity contribution in [2.75, 3.05) is 0 Å². The van der Waals surface area contributed by atoms with Crippen LogP contribution in [0.1, 0.15) is 15.2 Å². The summed E-state index contributed by atoms with van der Waals surface area (Å²) in [6, 6.07) is 4.62. The summed E-state index contributed by atoms with van der Waals surface area (Å²) in [5, 5.41) is 2.64. The van der Waals surface area contributed by atoms with E-state index in [9.17, 15) is 9.18 Å². The Kier molecular flexibility index (Phi) is 3.86. The lowest BCUT2D eigenvalue weighted by molar-refractivity contribution is 0.0947. The van der Waals surface area contributed by atoms with E-state index >= 15 is 0 Å². The fourth-order valence-electron chi connectivity index (χ4n) is 1.27. The molecule has 0 saturated heterocycles. The Morgan fingerprint density at radius 2 is 2.35 bits per heavy atom. The molecular weight excluding hydrogens is 307 g/mol. The summed E-state index contributed by atoms with van der Waals surface area (Å²) < 4.78 is 13.9. The molecule has 0 saturated carbocycles. The van der Waals surface area contributed by atoms with Crippen LogP contribution >= 0.6 is 27.3 Å². The van der Waals surface area contributed by atoms with Crippen molar-refractivity contribution in [2.45, 2.75) is 6.54 Å². The lowest BCUT2D eigenvalue weighted by atomic mass is 10.2. The van der Waals surface area contributed by atoms with Gasteiger partial charge in [0.05, 0.1) is 22.1 Å². The maximum Gasteiger partial charge on any atom is 0.254 e. The molecule has 0 spiro atoms. The van der Waals surface area contributed by atoms with Gasteiger partial charge in [0.15, 0.2) is 0 Å². The smallest absolute Gasteiger partial charge is 0.254 e. The number of rotatable bonds is 3. The van der Waals surface area contributed by atoms with Crippen molar-refractivity contribution >= 4 is 33.2 Å². The van der Waals surface area contributed by atoms with E-state index in [4.69, 9.17) is 0 Å². The van der Waals surface area contributed by atoms with Crippen LogP contribution in [0.25, 0.3) is 0 Å². The van der Waals surface area contributed by atoms with Gasteiger partial charge in [-0.25, -0.2) is 4.39 Å². The van der Waals surface area contributed by atoms with Gasteiger partial charge in [-0.15, -0.1) is 11.3 Å². The second kappa shape index (κ2) is 5.37. The molecule has 0 bridgehead atoms. The average molecular weight is 315 g/mol. The average Bonchev–Trinajstić information content (AvgIpc) is 2.82. The molecule has 1 N–H and O–H groups in total. The van der Waals surface area contributed by atoms with E-state index in [0.717, 1.165) is 4.88 Å². The molecule has 0 atom stereocenters. The van der Waals surface area contributed by atoms with Crippen molar-refractivity contribution in [2.24, 2.45) is 0 Å². The number of carbonyl (C=O) groups is 1. The summed E-state index contributed by atoms with van der Waals surface area (Å²) in [6.07, 6.45) is 1.67. The lowest BCUT2D eigenvalue weighted by Crippen LogP contribution is -2.23. The molecule has 17 heavy (non-hydrogen) atoms. The minimum atomic E-state index is -0.547. The molecular formula is C11H8BrFN2OS. The van der Waals surface area contributed by atoms with Crippen molar-refractivity contribution in [1.29, 1.82) is 0 Å². The Bertz CT molecular complexity index is 530. The molecule has 2 rings (SSSR count). The molecule has 88 valence electrons. The molecule has 1 aromatic heterocycles. The van der Waals surface area contributed by atoms with Gasteiger partial charge in [0.25, 0.3) is 5.91 Å². The summed E-state index contributed by atoms with van der Waals surface area (Å²) in [5.74, 6) is -0.980. The van der Waals surface area contributed by atoms with E-state index < -0.39 is 11.7 Å². The third-order valence-corrected chi connectivity index (χ3v) is 3.49. The highest BCUT2D eigenvalue weighted by Crippen LogP contribution is 2.18. The number of benzene rings is 1. The summed E-state index contributed by atoms with van der Waals surface area (Å²) >= 11 is 4.48. The second-order valence-electron chi connectivity index (χ2n) is 3.25. The number of nitrogens with one attached hydrogen (secondary N) is 1. The van der Waals surface area contributed by atoms with Gasteiger partial charge in [-0.2, -0.15) is 0 Å². The number of carbonyl (C=O) groups excluding carboxylic acids is 1. The minimum absolute atomic E-state index is 0.0314. The van der Waals surface area contributed by atoms with Crippen molar-refractivity contribution in [3.05, 3.63) is 50.6 Å². The minimum Gasteiger partial charge on any atom is -0.347 e. The summed E-state index contributed by atoms with van der Waals surface area (Å²) in [7, 11) is 0.